The number of aryl methyl sites for hydroxylation is 1. The van der Waals surface area contributed by atoms with Crippen LogP contribution in [0, 0.1) is 0 Å². The van der Waals surface area contributed by atoms with Crippen LogP contribution in [0.2, 0.25) is 0 Å². The standard InChI is InChI=1S/C31H35NO3/c1-23(33)35-28-15-17-30-26(22-28)12-16-29(24-8-4-2-5-9-24)31(30)25-10-13-27(14-11-25)34-21-20-32-18-6-3-7-19-32/h2,4-5,8-11,13-15,17,22,29,31H,3,6-7,12,16,18-21H2,1H3. The summed E-state index contributed by atoms with van der Waals surface area (Å²) in [5.41, 5.74) is 5.25. The summed E-state index contributed by atoms with van der Waals surface area (Å²) < 4.78 is 11.5. The number of hydrogen-bond acceptors (Lipinski definition) is 4. The highest BCUT2D eigenvalue weighted by Gasteiger charge is 2.32. The smallest absolute Gasteiger partial charge is 0.308 e. The number of likely N-dealkylation sites (tertiary alicyclic amines) is 1. The number of ether oxygens (including phenoxy) is 2. The maximum Gasteiger partial charge on any atom is 0.308 e. The van der Waals surface area contributed by atoms with Gasteiger partial charge in [-0.25, -0.2) is 0 Å². The van der Waals surface area contributed by atoms with E-state index >= 15 is 0 Å². The minimum Gasteiger partial charge on any atom is -0.492 e. The van der Waals surface area contributed by atoms with E-state index in [0.717, 1.165) is 31.7 Å². The van der Waals surface area contributed by atoms with E-state index in [1.807, 2.05) is 12.1 Å². The van der Waals surface area contributed by atoms with E-state index in [1.165, 1.54) is 61.5 Å². The van der Waals surface area contributed by atoms with Gasteiger partial charge in [0.15, 0.2) is 0 Å². The largest absolute Gasteiger partial charge is 0.492 e. The van der Waals surface area contributed by atoms with Crippen LogP contribution >= 0.6 is 0 Å². The maximum absolute atomic E-state index is 11.5. The van der Waals surface area contributed by atoms with Gasteiger partial charge in [0.05, 0.1) is 0 Å². The minimum absolute atomic E-state index is 0.245. The zero-order valence-corrected chi connectivity index (χ0v) is 20.6. The van der Waals surface area contributed by atoms with Crippen LogP contribution in [-0.4, -0.2) is 37.1 Å². The van der Waals surface area contributed by atoms with Gasteiger partial charge in [0.1, 0.15) is 18.1 Å². The molecule has 0 amide bonds. The highest BCUT2D eigenvalue weighted by atomic mass is 16.5. The molecular formula is C31H35NO3. The summed E-state index contributed by atoms with van der Waals surface area (Å²) in [6, 6.07) is 25.6. The molecule has 2 aliphatic rings. The molecule has 182 valence electrons. The molecule has 3 aromatic carbocycles. The lowest BCUT2D eigenvalue weighted by Gasteiger charge is -2.35. The van der Waals surface area contributed by atoms with E-state index in [9.17, 15) is 4.79 Å². The van der Waals surface area contributed by atoms with Gasteiger partial charge in [0.2, 0.25) is 0 Å². The third kappa shape index (κ3) is 5.76. The second-order valence-electron chi connectivity index (χ2n) is 9.81. The molecule has 2 unspecified atom stereocenters. The van der Waals surface area contributed by atoms with E-state index < -0.39 is 0 Å². The first kappa shape index (κ1) is 23.6. The normalized spacial score (nSPS) is 20.1. The number of fused-ring (bicyclic) bond motifs is 1. The molecule has 4 heteroatoms. The number of esters is 1. The average Bonchev–Trinajstić information content (AvgIpc) is 2.89. The lowest BCUT2D eigenvalue weighted by atomic mass is 9.69. The van der Waals surface area contributed by atoms with Gasteiger partial charge in [-0.05, 0) is 91.2 Å². The molecule has 2 atom stereocenters. The van der Waals surface area contributed by atoms with Gasteiger partial charge in [0.25, 0.3) is 0 Å². The highest BCUT2D eigenvalue weighted by molar-refractivity contribution is 5.69. The van der Waals surface area contributed by atoms with Crippen molar-refractivity contribution in [3.8, 4) is 11.5 Å². The highest BCUT2D eigenvalue weighted by Crippen LogP contribution is 2.47. The number of nitrogens with zero attached hydrogens (tertiary/aromatic N) is 1. The van der Waals surface area contributed by atoms with Gasteiger partial charge in [-0.1, -0.05) is 55.0 Å². The van der Waals surface area contributed by atoms with Gasteiger partial charge < -0.3 is 9.47 Å². The first-order chi connectivity index (χ1) is 17.2. The Morgan fingerprint density at radius 1 is 0.886 bits per heavy atom. The van der Waals surface area contributed by atoms with Crippen LogP contribution < -0.4 is 9.47 Å². The molecular weight excluding hydrogens is 434 g/mol. The van der Waals surface area contributed by atoms with Gasteiger partial charge >= 0.3 is 5.97 Å². The van der Waals surface area contributed by atoms with Gasteiger partial charge in [-0.3, -0.25) is 9.69 Å². The molecule has 1 aliphatic carbocycles. The molecule has 4 nitrogen and oxygen atoms in total. The Hall–Kier alpha value is -3.11. The van der Waals surface area contributed by atoms with Crippen molar-refractivity contribution in [3.05, 3.63) is 95.1 Å². The number of hydrogen-bond donors (Lipinski definition) is 0. The van der Waals surface area contributed by atoms with E-state index in [0.29, 0.717) is 11.7 Å². The number of carbonyl (C=O) groups excluding carboxylic acids is 1. The van der Waals surface area contributed by atoms with Crippen molar-refractivity contribution in [2.45, 2.75) is 50.9 Å². The molecule has 0 spiro atoms. The van der Waals surface area contributed by atoms with Crippen LogP contribution in [0.3, 0.4) is 0 Å². The van der Waals surface area contributed by atoms with Crippen LogP contribution in [0.15, 0.2) is 72.8 Å². The van der Waals surface area contributed by atoms with Crippen molar-refractivity contribution in [1.29, 1.82) is 0 Å². The molecule has 3 aromatic rings. The number of benzene rings is 3. The Morgan fingerprint density at radius 3 is 2.37 bits per heavy atom. The van der Waals surface area contributed by atoms with Crippen molar-refractivity contribution < 1.29 is 14.3 Å². The third-order valence-electron chi connectivity index (χ3n) is 7.43. The van der Waals surface area contributed by atoms with E-state index in [1.54, 1.807) is 0 Å². The molecule has 1 aliphatic heterocycles. The SMILES string of the molecule is CC(=O)Oc1ccc2c(c1)CCC(c1ccccc1)C2c1ccc(OCCN2CCCCC2)cc1. The lowest BCUT2D eigenvalue weighted by Crippen LogP contribution is -2.33. The van der Waals surface area contributed by atoms with E-state index in [2.05, 4.69) is 65.6 Å². The monoisotopic (exact) mass is 469 g/mol. The van der Waals surface area contributed by atoms with Crippen LogP contribution in [0.1, 0.15) is 66.7 Å². The predicted molar refractivity (Wildman–Crippen MR) is 139 cm³/mol. The van der Waals surface area contributed by atoms with Gasteiger partial charge in [0, 0.05) is 19.4 Å². The van der Waals surface area contributed by atoms with E-state index in [-0.39, 0.29) is 11.9 Å². The Balaban J connectivity index is 1.37. The molecule has 0 saturated carbocycles. The summed E-state index contributed by atoms with van der Waals surface area (Å²) in [7, 11) is 0. The molecule has 1 heterocycles. The number of rotatable bonds is 7. The molecule has 1 saturated heterocycles. The molecule has 35 heavy (non-hydrogen) atoms. The molecule has 0 bridgehead atoms. The van der Waals surface area contributed by atoms with Crippen molar-refractivity contribution in [3.63, 3.8) is 0 Å². The fraction of sp³-hybridized carbons (Fsp3) is 0.387. The maximum atomic E-state index is 11.5. The van der Waals surface area contributed by atoms with Gasteiger partial charge in [-0.2, -0.15) is 0 Å². The first-order valence-electron chi connectivity index (χ1n) is 13.0. The third-order valence-corrected chi connectivity index (χ3v) is 7.43. The Morgan fingerprint density at radius 2 is 1.63 bits per heavy atom. The summed E-state index contributed by atoms with van der Waals surface area (Å²) in [4.78, 5) is 14.0. The summed E-state index contributed by atoms with van der Waals surface area (Å²) in [6.45, 7) is 5.58. The quantitative estimate of drug-likeness (QED) is 0.299. The van der Waals surface area contributed by atoms with Crippen LogP contribution in [0.25, 0.3) is 0 Å². The first-order valence-corrected chi connectivity index (χ1v) is 13.0. The van der Waals surface area contributed by atoms with Crippen LogP contribution in [0.4, 0.5) is 0 Å². The molecule has 0 N–H and O–H groups in total. The van der Waals surface area contributed by atoms with Crippen molar-refractivity contribution in [2.24, 2.45) is 0 Å². The molecule has 0 aromatic heterocycles. The van der Waals surface area contributed by atoms with Crippen LogP contribution in [-0.2, 0) is 11.2 Å². The summed E-state index contributed by atoms with van der Waals surface area (Å²) in [5, 5.41) is 0. The Bertz CT molecular complexity index is 1120. The topological polar surface area (TPSA) is 38.8 Å². The van der Waals surface area contributed by atoms with Crippen molar-refractivity contribution in [1.82, 2.24) is 4.90 Å². The fourth-order valence-corrected chi connectivity index (χ4v) is 5.74. The van der Waals surface area contributed by atoms with E-state index in [4.69, 9.17) is 9.47 Å². The number of piperidine rings is 1. The fourth-order valence-electron chi connectivity index (χ4n) is 5.74. The zero-order chi connectivity index (χ0) is 24.0. The second kappa shape index (κ2) is 11.1. The number of carbonyl (C=O) groups is 1. The van der Waals surface area contributed by atoms with Crippen LogP contribution in [0.5, 0.6) is 11.5 Å². The minimum atomic E-state index is -0.282. The zero-order valence-electron chi connectivity index (χ0n) is 20.6. The summed E-state index contributed by atoms with van der Waals surface area (Å²) >= 11 is 0. The van der Waals surface area contributed by atoms with Crippen molar-refractivity contribution >= 4 is 5.97 Å². The molecule has 1 fully saturated rings. The van der Waals surface area contributed by atoms with Crippen molar-refractivity contribution in [2.75, 3.05) is 26.2 Å². The lowest BCUT2D eigenvalue weighted by molar-refractivity contribution is -0.131. The van der Waals surface area contributed by atoms with Gasteiger partial charge in [-0.15, -0.1) is 0 Å². The summed E-state index contributed by atoms with van der Waals surface area (Å²) in [5.74, 6) is 1.92. The molecule has 0 radical (unpaired) electrons. The Labute approximate surface area is 208 Å². The molecule has 5 rings (SSSR count). The average molecular weight is 470 g/mol. The summed E-state index contributed by atoms with van der Waals surface area (Å²) in [6.07, 6.45) is 6.00. The predicted octanol–water partition coefficient (Wildman–Crippen LogP) is 6.34. The second-order valence-corrected chi connectivity index (χ2v) is 9.81. The Kier molecular flexibility index (Phi) is 7.48.